The van der Waals surface area contributed by atoms with Crippen molar-refractivity contribution in [3.63, 3.8) is 0 Å². The number of nitrogens with zero attached hydrogens (tertiary/aromatic N) is 3. The number of aromatic amines is 1. The molecule has 188 valence electrons. The van der Waals surface area contributed by atoms with Crippen molar-refractivity contribution in [2.24, 2.45) is 0 Å². The van der Waals surface area contributed by atoms with E-state index >= 15 is 0 Å². The zero-order valence-corrected chi connectivity index (χ0v) is 20.7. The zero-order chi connectivity index (χ0) is 26.1. The predicted octanol–water partition coefficient (Wildman–Crippen LogP) is 3.26. The summed E-state index contributed by atoms with van der Waals surface area (Å²) in [6.45, 7) is 6.26. The van der Waals surface area contributed by atoms with Crippen molar-refractivity contribution in [1.82, 2.24) is 14.7 Å². The second-order valence-electron chi connectivity index (χ2n) is 8.11. The lowest BCUT2D eigenvalue weighted by Gasteiger charge is -2.23. The molecule has 1 N–H and O–H groups in total. The number of hydrogen-bond acceptors (Lipinski definition) is 6. The minimum Gasteiger partial charge on any atom is -0.497 e. The minimum atomic E-state index is -0.643. The summed E-state index contributed by atoms with van der Waals surface area (Å²) in [5.74, 6) is -0.880. The highest BCUT2D eigenvalue weighted by atomic mass is 19.1. The molecule has 9 nitrogen and oxygen atoms in total. The largest absolute Gasteiger partial charge is 0.497 e. The Hall–Kier alpha value is -4.34. The SMILES string of the molecule is CCN(CC)C1=C(c2c(C)[nH]n(-c3ccc(F)cc3)c2=O)C(=O)N(c2ccc(OC)cc2OC)C1=O. The third-order valence-corrected chi connectivity index (χ3v) is 6.17. The third kappa shape index (κ3) is 3.94. The molecule has 1 aromatic heterocycles. The molecular weight excluding hydrogens is 467 g/mol. The van der Waals surface area contributed by atoms with Crippen LogP contribution in [0.3, 0.4) is 0 Å². The number of carbonyl (C=O) groups is 2. The van der Waals surface area contributed by atoms with Crippen molar-refractivity contribution in [2.45, 2.75) is 20.8 Å². The first-order valence-electron chi connectivity index (χ1n) is 11.4. The maximum Gasteiger partial charge on any atom is 0.282 e. The zero-order valence-electron chi connectivity index (χ0n) is 20.7. The maximum atomic E-state index is 13.9. The second-order valence-corrected chi connectivity index (χ2v) is 8.11. The Morgan fingerprint density at radius 2 is 1.61 bits per heavy atom. The molecule has 1 aliphatic heterocycles. The van der Waals surface area contributed by atoms with Gasteiger partial charge in [-0.1, -0.05) is 0 Å². The number of ether oxygens (including phenoxy) is 2. The van der Waals surface area contributed by atoms with E-state index in [0.29, 0.717) is 30.2 Å². The fraction of sp³-hybridized carbons (Fsp3) is 0.269. The Bertz CT molecular complexity index is 1420. The van der Waals surface area contributed by atoms with Crippen LogP contribution in [0.4, 0.5) is 10.1 Å². The van der Waals surface area contributed by atoms with Gasteiger partial charge in [-0.3, -0.25) is 19.5 Å². The fourth-order valence-electron chi connectivity index (χ4n) is 4.38. The lowest BCUT2D eigenvalue weighted by Crippen LogP contribution is -2.35. The van der Waals surface area contributed by atoms with Crippen molar-refractivity contribution in [3.05, 3.63) is 75.6 Å². The van der Waals surface area contributed by atoms with E-state index in [1.54, 1.807) is 30.0 Å². The Morgan fingerprint density at radius 1 is 0.944 bits per heavy atom. The number of anilines is 1. The predicted molar refractivity (Wildman–Crippen MR) is 133 cm³/mol. The van der Waals surface area contributed by atoms with Crippen molar-refractivity contribution in [2.75, 3.05) is 32.2 Å². The molecule has 36 heavy (non-hydrogen) atoms. The lowest BCUT2D eigenvalue weighted by molar-refractivity contribution is -0.120. The maximum absolute atomic E-state index is 13.9. The topological polar surface area (TPSA) is 96.9 Å². The number of amides is 2. The molecule has 0 saturated carbocycles. The summed E-state index contributed by atoms with van der Waals surface area (Å²) in [6.07, 6.45) is 0. The highest BCUT2D eigenvalue weighted by molar-refractivity contribution is 6.45. The van der Waals surface area contributed by atoms with Crippen molar-refractivity contribution in [1.29, 1.82) is 0 Å². The van der Waals surface area contributed by atoms with Crippen LogP contribution in [0.15, 0.2) is 53.0 Å². The van der Waals surface area contributed by atoms with Gasteiger partial charge in [0, 0.05) is 24.8 Å². The summed E-state index contributed by atoms with van der Waals surface area (Å²) >= 11 is 0. The Balaban J connectivity index is 1.93. The summed E-state index contributed by atoms with van der Waals surface area (Å²) in [5, 5.41) is 2.95. The number of aromatic nitrogens is 2. The molecule has 0 atom stereocenters. The average Bonchev–Trinajstić information content (AvgIpc) is 3.31. The first-order chi connectivity index (χ1) is 17.3. The van der Waals surface area contributed by atoms with Crippen LogP contribution in [0.1, 0.15) is 25.1 Å². The summed E-state index contributed by atoms with van der Waals surface area (Å²) < 4.78 is 25.4. The van der Waals surface area contributed by atoms with Gasteiger partial charge in [0.1, 0.15) is 23.0 Å². The molecule has 4 rings (SSSR count). The molecule has 0 aliphatic carbocycles. The second kappa shape index (κ2) is 9.73. The highest BCUT2D eigenvalue weighted by Gasteiger charge is 2.45. The molecule has 3 aromatic rings. The van der Waals surface area contributed by atoms with E-state index in [0.717, 1.165) is 4.90 Å². The number of likely N-dealkylation sites (N-methyl/N-ethyl adjacent to an activating group) is 1. The monoisotopic (exact) mass is 494 g/mol. The van der Waals surface area contributed by atoms with Crippen LogP contribution in [0.2, 0.25) is 0 Å². The van der Waals surface area contributed by atoms with Crippen LogP contribution >= 0.6 is 0 Å². The van der Waals surface area contributed by atoms with Crippen molar-refractivity contribution >= 4 is 23.1 Å². The van der Waals surface area contributed by atoms with E-state index < -0.39 is 23.2 Å². The van der Waals surface area contributed by atoms with Crippen LogP contribution in [0, 0.1) is 12.7 Å². The molecule has 0 bridgehead atoms. The van der Waals surface area contributed by atoms with Crippen molar-refractivity contribution in [3.8, 4) is 17.2 Å². The number of rotatable bonds is 8. The van der Waals surface area contributed by atoms with Crippen molar-refractivity contribution < 1.29 is 23.5 Å². The summed E-state index contributed by atoms with van der Waals surface area (Å²) in [4.78, 5) is 44.0. The fourth-order valence-corrected chi connectivity index (χ4v) is 4.38. The van der Waals surface area contributed by atoms with Crippen LogP contribution < -0.4 is 19.9 Å². The molecule has 2 heterocycles. The summed E-state index contributed by atoms with van der Waals surface area (Å²) in [7, 11) is 2.93. The van der Waals surface area contributed by atoms with Gasteiger partial charge in [-0.05, 0) is 57.2 Å². The van der Waals surface area contributed by atoms with E-state index in [-0.39, 0.29) is 28.3 Å². The smallest absolute Gasteiger partial charge is 0.282 e. The van der Waals surface area contributed by atoms with Gasteiger partial charge < -0.3 is 14.4 Å². The van der Waals surface area contributed by atoms with E-state index in [2.05, 4.69) is 5.10 Å². The number of methoxy groups -OCH3 is 2. The lowest BCUT2D eigenvalue weighted by atomic mass is 10.0. The Morgan fingerprint density at radius 3 is 2.19 bits per heavy atom. The van der Waals surface area contributed by atoms with Gasteiger partial charge in [-0.2, -0.15) is 0 Å². The first kappa shape index (κ1) is 24.8. The Labute approximate surface area is 207 Å². The highest BCUT2D eigenvalue weighted by Crippen LogP contribution is 2.40. The van der Waals surface area contributed by atoms with Crippen LogP contribution in [0.25, 0.3) is 11.3 Å². The molecule has 0 spiro atoms. The molecule has 2 amide bonds. The van der Waals surface area contributed by atoms with Gasteiger partial charge in [0.2, 0.25) is 0 Å². The summed E-state index contributed by atoms with van der Waals surface area (Å²) in [6, 6.07) is 10.1. The standard InChI is InChI=1S/C26H27FN4O5/c1-6-29(7-2)23-22(21-15(3)28-31(25(21)33)17-10-8-16(27)9-11-17)24(32)30(26(23)34)19-13-12-18(35-4)14-20(19)36-5/h8-14,28H,6-7H2,1-5H3. The average molecular weight is 495 g/mol. The summed E-state index contributed by atoms with van der Waals surface area (Å²) in [5.41, 5.74) is 0.715. The molecule has 0 unspecified atom stereocenters. The number of halogens is 1. The quantitative estimate of drug-likeness (QED) is 0.483. The molecule has 10 heteroatoms. The third-order valence-electron chi connectivity index (χ3n) is 6.17. The molecular formula is C26H27FN4O5. The number of carbonyl (C=O) groups excluding carboxylic acids is 2. The van der Waals surface area contributed by atoms with Gasteiger partial charge in [-0.15, -0.1) is 0 Å². The number of benzene rings is 2. The van der Waals surface area contributed by atoms with E-state index in [9.17, 15) is 18.8 Å². The number of H-pyrrole nitrogens is 1. The number of hydrogen-bond donors (Lipinski definition) is 1. The van der Waals surface area contributed by atoms with Gasteiger partial charge >= 0.3 is 0 Å². The van der Waals surface area contributed by atoms with E-state index in [4.69, 9.17) is 9.47 Å². The van der Waals surface area contributed by atoms with Gasteiger partial charge in [0.15, 0.2) is 0 Å². The van der Waals surface area contributed by atoms with Gasteiger partial charge in [0.05, 0.1) is 36.7 Å². The van der Waals surface area contributed by atoms with Crippen LogP contribution in [-0.2, 0) is 9.59 Å². The van der Waals surface area contributed by atoms with Crippen LogP contribution in [-0.4, -0.2) is 53.8 Å². The van der Waals surface area contributed by atoms with Gasteiger partial charge in [0.25, 0.3) is 17.4 Å². The normalized spacial score (nSPS) is 13.6. The molecule has 0 fully saturated rings. The number of aryl methyl sites for hydroxylation is 1. The molecule has 0 radical (unpaired) electrons. The van der Waals surface area contributed by atoms with Gasteiger partial charge in [-0.25, -0.2) is 14.0 Å². The van der Waals surface area contributed by atoms with Crippen LogP contribution in [0.5, 0.6) is 11.5 Å². The van der Waals surface area contributed by atoms with E-state index in [1.165, 1.54) is 43.2 Å². The number of nitrogens with one attached hydrogen (secondary N) is 1. The Kier molecular flexibility index (Phi) is 6.69. The van der Waals surface area contributed by atoms with E-state index in [1.807, 2.05) is 13.8 Å². The first-order valence-corrected chi connectivity index (χ1v) is 11.4. The molecule has 0 saturated heterocycles. The minimum absolute atomic E-state index is 0.00110. The molecule has 1 aliphatic rings. The number of imide groups is 1. The molecule has 2 aromatic carbocycles.